The van der Waals surface area contributed by atoms with Crippen LogP contribution in [0.3, 0.4) is 0 Å². The molecule has 6 nitrogen and oxygen atoms in total. The summed E-state index contributed by atoms with van der Waals surface area (Å²) in [5.74, 6) is 0.360. The minimum atomic E-state index is -0.651. The first-order chi connectivity index (χ1) is 15.0. The van der Waals surface area contributed by atoms with E-state index in [1.807, 2.05) is 66.9 Å². The van der Waals surface area contributed by atoms with E-state index in [0.29, 0.717) is 13.0 Å². The number of methoxy groups -OCH3 is 1. The first-order valence-electron chi connectivity index (χ1n) is 10.2. The molecule has 158 valence electrons. The van der Waals surface area contributed by atoms with Crippen LogP contribution >= 0.6 is 0 Å². The van der Waals surface area contributed by atoms with E-state index in [0.717, 1.165) is 38.6 Å². The van der Waals surface area contributed by atoms with Gasteiger partial charge in [-0.2, -0.15) is 0 Å². The van der Waals surface area contributed by atoms with Crippen molar-refractivity contribution in [3.8, 4) is 5.75 Å². The van der Waals surface area contributed by atoms with Gasteiger partial charge in [0.25, 0.3) is 0 Å². The second-order valence-electron chi connectivity index (χ2n) is 7.58. The van der Waals surface area contributed by atoms with Crippen molar-refractivity contribution in [2.24, 2.45) is 0 Å². The zero-order valence-electron chi connectivity index (χ0n) is 17.6. The van der Waals surface area contributed by atoms with Crippen molar-refractivity contribution in [1.29, 1.82) is 0 Å². The summed E-state index contributed by atoms with van der Waals surface area (Å²) in [6.07, 6.45) is 2.30. The number of H-pyrrole nitrogens is 1. The molecule has 31 heavy (non-hydrogen) atoms. The van der Waals surface area contributed by atoms with E-state index in [1.165, 1.54) is 6.92 Å². The van der Waals surface area contributed by atoms with E-state index >= 15 is 0 Å². The van der Waals surface area contributed by atoms with Gasteiger partial charge in [-0.3, -0.25) is 9.59 Å². The Labute approximate surface area is 180 Å². The number of hydrogen-bond acceptors (Lipinski definition) is 3. The van der Waals surface area contributed by atoms with Gasteiger partial charge in [0.15, 0.2) is 0 Å². The van der Waals surface area contributed by atoms with Gasteiger partial charge in [-0.25, -0.2) is 0 Å². The Morgan fingerprint density at radius 3 is 2.61 bits per heavy atom. The highest BCUT2D eigenvalue weighted by Crippen LogP contribution is 2.22. The van der Waals surface area contributed by atoms with Gasteiger partial charge < -0.3 is 20.4 Å². The molecule has 0 aliphatic heterocycles. The summed E-state index contributed by atoms with van der Waals surface area (Å²) in [4.78, 5) is 27.8. The highest BCUT2D eigenvalue weighted by molar-refractivity contribution is 5.89. The number of benzene rings is 3. The number of carbonyl (C=O) groups excluding carboxylic acids is 2. The lowest BCUT2D eigenvalue weighted by Gasteiger charge is -2.17. The van der Waals surface area contributed by atoms with E-state index in [-0.39, 0.29) is 11.8 Å². The number of rotatable bonds is 7. The zero-order chi connectivity index (χ0) is 21.8. The highest BCUT2D eigenvalue weighted by Gasteiger charge is 2.21. The predicted molar refractivity (Wildman–Crippen MR) is 122 cm³/mol. The zero-order valence-corrected chi connectivity index (χ0v) is 17.6. The van der Waals surface area contributed by atoms with Crippen molar-refractivity contribution in [2.45, 2.75) is 25.9 Å². The number of aromatic nitrogens is 1. The molecule has 4 aromatic rings. The monoisotopic (exact) mass is 415 g/mol. The molecule has 0 aliphatic rings. The fourth-order valence-electron chi connectivity index (χ4n) is 3.80. The lowest BCUT2D eigenvalue weighted by molar-refractivity contribution is -0.128. The van der Waals surface area contributed by atoms with Crippen LogP contribution in [0.25, 0.3) is 21.7 Å². The Hall–Kier alpha value is -3.80. The lowest BCUT2D eigenvalue weighted by Crippen LogP contribution is -2.47. The number of fused-ring (bicyclic) bond motifs is 2. The van der Waals surface area contributed by atoms with Gasteiger partial charge in [0.1, 0.15) is 11.8 Å². The van der Waals surface area contributed by atoms with Crippen molar-refractivity contribution >= 4 is 33.5 Å². The molecule has 0 fully saturated rings. The quantitative estimate of drug-likeness (QED) is 0.430. The Morgan fingerprint density at radius 2 is 1.81 bits per heavy atom. The SMILES string of the molecule is COc1ccc2cc(CNC(=O)[C@H](Cc3c[nH]c4ccccc34)NC(C)=O)ccc2c1. The second-order valence-corrected chi connectivity index (χ2v) is 7.58. The van der Waals surface area contributed by atoms with Crippen molar-refractivity contribution in [3.05, 3.63) is 78.0 Å². The van der Waals surface area contributed by atoms with Gasteiger partial charge >= 0.3 is 0 Å². The third kappa shape index (κ3) is 4.69. The molecule has 0 saturated heterocycles. The molecular formula is C25H25N3O3. The Bertz CT molecular complexity index is 1250. The van der Waals surface area contributed by atoms with E-state index in [2.05, 4.69) is 15.6 Å². The maximum absolute atomic E-state index is 12.9. The van der Waals surface area contributed by atoms with E-state index in [4.69, 9.17) is 4.74 Å². The number of carbonyl (C=O) groups is 2. The molecule has 0 spiro atoms. The third-order valence-corrected chi connectivity index (χ3v) is 5.37. The third-order valence-electron chi connectivity index (χ3n) is 5.37. The molecule has 4 rings (SSSR count). The van der Waals surface area contributed by atoms with E-state index in [1.54, 1.807) is 7.11 Å². The van der Waals surface area contributed by atoms with Crippen LogP contribution in [0.2, 0.25) is 0 Å². The van der Waals surface area contributed by atoms with Crippen LogP contribution < -0.4 is 15.4 Å². The lowest BCUT2D eigenvalue weighted by atomic mass is 10.0. The molecule has 0 saturated carbocycles. The molecule has 6 heteroatoms. The molecule has 0 aliphatic carbocycles. The van der Waals surface area contributed by atoms with Crippen LogP contribution in [0.15, 0.2) is 66.9 Å². The van der Waals surface area contributed by atoms with Crippen LogP contribution in [0.5, 0.6) is 5.75 Å². The van der Waals surface area contributed by atoms with Gasteiger partial charge in [-0.15, -0.1) is 0 Å². The van der Waals surface area contributed by atoms with E-state index in [9.17, 15) is 9.59 Å². The van der Waals surface area contributed by atoms with Gasteiger partial charge in [-0.1, -0.05) is 36.4 Å². The fraction of sp³-hybridized carbons (Fsp3) is 0.200. The molecule has 0 unspecified atom stereocenters. The topological polar surface area (TPSA) is 83.2 Å². The minimum absolute atomic E-state index is 0.213. The maximum Gasteiger partial charge on any atom is 0.243 e. The molecule has 1 atom stereocenters. The smallest absolute Gasteiger partial charge is 0.243 e. The van der Waals surface area contributed by atoms with Crippen LogP contribution in [0, 0.1) is 0 Å². The summed E-state index contributed by atoms with van der Waals surface area (Å²) in [7, 11) is 1.65. The molecule has 1 aromatic heterocycles. The number of amides is 2. The number of ether oxygens (including phenoxy) is 1. The Kier molecular flexibility index (Phi) is 5.89. The highest BCUT2D eigenvalue weighted by atomic mass is 16.5. The summed E-state index contributed by atoms with van der Waals surface area (Å²) in [6, 6.07) is 19.2. The van der Waals surface area contributed by atoms with Crippen LogP contribution in [0.1, 0.15) is 18.1 Å². The van der Waals surface area contributed by atoms with Gasteiger partial charge in [0.05, 0.1) is 7.11 Å². The summed E-state index contributed by atoms with van der Waals surface area (Å²) in [6.45, 7) is 1.80. The summed E-state index contributed by atoms with van der Waals surface area (Å²) < 4.78 is 5.27. The van der Waals surface area contributed by atoms with Crippen LogP contribution in [0.4, 0.5) is 0 Å². The van der Waals surface area contributed by atoms with Crippen molar-refractivity contribution in [1.82, 2.24) is 15.6 Å². The normalized spacial score (nSPS) is 11.9. The summed E-state index contributed by atoms with van der Waals surface area (Å²) in [5, 5.41) is 8.95. The standard InChI is InChI=1S/C25H25N3O3/c1-16(29)28-24(13-20-15-26-23-6-4-3-5-22(20)23)25(30)27-14-17-7-8-19-12-21(31-2)10-9-18(19)11-17/h3-12,15,24,26H,13-14H2,1-2H3,(H,27,30)(H,28,29)/t24-/m0/s1. The molecular weight excluding hydrogens is 390 g/mol. The number of hydrogen-bond donors (Lipinski definition) is 3. The van der Waals surface area contributed by atoms with Gasteiger partial charge in [0, 0.05) is 37.0 Å². The van der Waals surface area contributed by atoms with Gasteiger partial charge in [0.2, 0.25) is 11.8 Å². The Balaban J connectivity index is 1.47. The largest absolute Gasteiger partial charge is 0.497 e. The molecule has 3 N–H and O–H groups in total. The fourth-order valence-corrected chi connectivity index (χ4v) is 3.80. The van der Waals surface area contributed by atoms with Crippen LogP contribution in [-0.4, -0.2) is 29.9 Å². The average molecular weight is 415 g/mol. The molecule has 0 radical (unpaired) electrons. The van der Waals surface area contributed by atoms with Crippen molar-refractivity contribution in [3.63, 3.8) is 0 Å². The first kappa shape index (κ1) is 20.5. The van der Waals surface area contributed by atoms with Crippen LogP contribution in [-0.2, 0) is 22.6 Å². The summed E-state index contributed by atoms with van der Waals surface area (Å²) >= 11 is 0. The summed E-state index contributed by atoms with van der Waals surface area (Å²) in [5.41, 5.74) is 2.98. The predicted octanol–water partition coefficient (Wildman–Crippen LogP) is 3.69. The second kappa shape index (κ2) is 8.92. The number of para-hydroxylation sites is 1. The number of aromatic amines is 1. The number of nitrogens with one attached hydrogen (secondary N) is 3. The van der Waals surface area contributed by atoms with Crippen molar-refractivity contribution < 1.29 is 14.3 Å². The van der Waals surface area contributed by atoms with Gasteiger partial charge in [-0.05, 0) is 46.2 Å². The van der Waals surface area contributed by atoms with Crippen molar-refractivity contribution in [2.75, 3.05) is 7.11 Å². The maximum atomic E-state index is 12.9. The average Bonchev–Trinajstić information content (AvgIpc) is 3.19. The Morgan fingerprint density at radius 1 is 1.03 bits per heavy atom. The molecule has 3 aromatic carbocycles. The molecule has 2 amide bonds. The minimum Gasteiger partial charge on any atom is -0.497 e. The van der Waals surface area contributed by atoms with E-state index < -0.39 is 6.04 Å². The molecule has 1 heterocycles. The molecule has 0 bridgehead atoms. The first-order valence-corrected chi connectivity index (χ1v) is 10.2.